The van der Waals surface area contributed by atoms with E-state index in [2.05, 4.69) is 0 Å². The van der Waals surface area contributed by atoms with Crippen molar-refractivity contribution in [2.24, 2.45) is 0 Å². The largest absolute Gasteiger partial charge is 0.371 e. The topological polar surface area (TPSA) is 26.3 Å². The molecule has 16 heavy (non-hydrogen) atoms. The Bertz CT molecular complexity index is 375. The smallest absolute Gasteiger partial charge is 0.162 e. The minimum Gasteiger partial charge on any atom is -0.371 e. The minimum atomic E-state index is -0.00198. The maximum Gasteiger partial charge on any atom is 0.162 e. The van der Waals surface area contributed by atoms with E-state index in [0.717, 1.165) is 5.56 Å². The molecule has 0 heterocycles. The second-order valence-corrected chi connectivity index (χ2v) is 4.57. The van der Waals surface area contributed by atoms with Crippen molar-refractivity contribution in [3.63, 3.8) is 0 Å². The Balaban J connectivity index is 2.59. The average Bonchev–Trinajstić information content (AvgIpc) is 2.22. The Morgan fingerprint density at radius 1 is 1.38 bits per heavy atom. The third kappa shape index (κ3) is 4.12. The fourth-order valence-corrected chi connectivity index (χ4v) is 1.59. The lowest BCUT2D eigenvalue weighted by Crippen LogP contribution is -2.15. The van der Waals surface area contributed by atoms with Crippen molar-refractivity contribution in [2.45, 2.75) is 26.4 Å². The van der Waals surface area contributed by atoms with Crippen LogP contribution in [-0.2, 0) is 16.0 Å². The van der Waals surface area contributed by atoms with Gasteiger partial charge in [-0.3, -0.25) is 4.79 Å². The third-order valence-corrected chi connectivity index (χ3v) is 2.85. The highest BCUT2D eigenvalue weighted by Gasteiger charge is 2.10. The Kier molecular flexibility index (Phi) is 5.26. The molecule has 0 saturated heterocycles. The molecular formula is C12H14Cl2O2. The van der Waals surface area contributed by atoms with Crippen molar-refractivity contribution < 1.29 is 9.53 Å². The van der Waals surface area contributed by atoms with E-state index in [1.807, 2.05) is 13.8 Å². The van der Waals surface area contributed by atoms with E-state index in [0.29, 0.717) is 10.0 Å². The molecule has 0 aromatic heterocycles. The van der Waals surface area contributed by atoms with Gasteiger partial charge >= 0.3 is 0 Å². The van der Waals surface area contributed by atoms with E-state index in [9.17, 15) is 4.79 Å². The van der Waals surface area contributed by atoms with Gasteiger partial charge in [-0.25, -0.2) is 0 Å². The summed E-state index contributed by atoms with van der Waals surface area (Å²) >= 11 is 11.8. The first-order valence-electron chi connectivity index (χ1n) is 5.07. The molecular weight excluding hydrogens is 247 g/mol. The van der Waals surface area contributed by atoms with Crippen LogP contribution in [0.5, 0.6) is 0 Å². The summed E-state index contributed by atoms with van der Waals surface area (Å²) in [4.78, 5) is 11.6. The molecule has 1 aromatic rings. The SMILES string of the molecule is CC(C)OCC(=O)Cc1cccc(Cl)c1Cl. The zero-order chi connectivity index (χ0) is 12.1. The van der Waals surface area contributed by atoms with Crippen LogP contribution in [0.25, 0.3) is 0 Å². The lowest BCUT2D eigenvalue weighted by atomic mass is 10.1. The standard InChI is InChI=1S/C12H14Cl2O2/c1-8(2)16-7-10(15)6-9-4-3-5-11(13)12(9)14/h3-5,8H,6-7H2,1-2H3. The molecule has 0 fully saturated rings. The first-order chi connectivity index (χ1) is 7.50. The Hall–Kier alpha value is -0.570. The molecule has 1 aromatic carbocycles. The summed E-state index contributed by atoms with van der Waals surface area (Å²) in [6.45, 7) is 3.89. The summed E-state index contributed by atoms with van der Waals surface area (Å²) in [6, 6.07) is 5.27. The van der Waals surface area contributed by atoms with Crippen LogP contribution in [0.3, 0.4) is 0 Å². The van der Waals surface area contributed by atoms with Crippen molar-refractivity contribution >= 4 is 29.0 Å². The first-order valence-corrected chi connectivity index (χ1v) is 5.82. The van der Waals surface area contributed by atoms with Crippen molar-refractivity contribution in [3.05, 3.63) is 33.8 Å². The molecule has 88 valence electrons. The predicted molar refractivity (Wildman–Crippen MR) is 66.3 cm³/mol. The highest BCUT2D eigenvalue weighted by atomic mass is 35.5. The molecule has 0 aliphatic carbocycles. The molecule has 0 aliphatic rings. The Labute approximate surface area is 106 Å². The fraction of sp³-hybridized carbons (Fsp3) is 0.417. The summed E-state index contributed by atoms with van der Waals surface area (Å²) in [5, 5.41) is 0.916. The van der Waals surface area contributed by atoms with Gasteiger partial charge in [0, 0.05) is 6.42 Å². The van der Waals surface area contributed by atoms with E-state index < -0.39 is 0 Å². The number of carbonyl (C=O) groups is 1. The predicted octanol–water partition coefficient (Wildman–Crippen LogP) is 3.53. The van der Waals surface area contributed by atoms with Gasteiger partial charge < -0.3 is 4.74 Å². The highest BCUT2D eigenvalue weighted by molar-refractivity contribution is 6.42. The van der Waals surface area contributed by atoms with Gasteiger partial charge in [0.1, 0.15) is 6.61 Å². The van der Waals surface area contributed by atoms with Crippen molar-refractivity contribution in [1.29, 1.82) is 0 Å². The highest BCUT2D eigenvalue weighted by Crippen LogP contribution is 2.25. The molecule has 2 nitrogen and oxygen atoms in total. The summed E-state index contributed by atoms with van der Waals surface area (Å²) in [6.07, 6.45) is 0.310. The molecule has 0 amide bonds. The van der Waals surface area contributed by atoms with Crippen LogP contribution < -0.4 is 0 Å². The molecule has 1 rings (SSSR count). The molecule has 0 N–H and O–H groups in total. The fourth-order valence-electron chi connectivity index (χ4n) is 1.21. The molecule has 0 aliphatic heterocycles. The van der Waals surface area contributed by atoms with E-state index in [4.69, 9.17) is 27.9 Å². The summed E-state index contributed by atoms with van der Waals surface area (Å²) in [5.74, 6) is -0.00198. The molecule has 0 saturated carbocycles. The number of halogens is 2. The second kappa shape index (κ2) is 6.24. The van der Waals surface area contributed by atoms with Crippen LogP contribution in [0.15, 0.2) is 18.2 Å². The van der Waals surface area contributed by atoms with E-state index in [-0.39, 0.29) is 24.9 Å². The maximum atomic E-state index is 11.6. The van der Waals surface area contributed by atoms with Gasteiger partial charge in [-0.2, -0.15) is 0 Å². The van der Waals surface area contributed by atoms with Gasteiger partial charge in [-0.05, 0) is 25.5 Å². The van der Waals surface area contributed by atoms with Gasteiger partial charge in [0.15, 0.2) is 5.78 Å². The molecule has 0 atom stereocenters. The van der Waals surface area contributed by atoms with Crippen molar-refractivity contribution in [2.75, 3.05) is 6.61 Å². The lowest BCUT2D eigenvalue weighted by Gasteiger charge is -2.08. The van der Waals surface area contributed by atoms with E-state index >= 15 is 0 Å². The molecule has 0 bridgehead atoms. The lowest BCUT2D eigenvalue weighted by molar-refractivity contribution is -0.124. The van der Waals surface area contributed by atoms with Gasteiger partial charge in [0.05, 0.1) is 16.1 Å². The van der Waals surface area contributed by atoms with Crippen LogP contribution in [-0.4, -0.2) is 18.5 Å². The second-order valence-electron chi connectivity index (χ2n) is 3.79. The van der Waals surface area contributed by atoms with Crippen molar-refractivity contribution in [3.8, 4) is 0 Å². The number of rotatable bonds is 5. The maximum absolute atomic E-state index is 11.6. The number of Topliss-reactive ketones (excluding diaryl/α,β-unsaturated/α-hetero) is 1. The van der Waals surface area contributed by atoms with Crippen LogP contribution in [0.1, 0.15) is 19.4 Å². The van der Waals surface area contributed by atoms with Gasteiger partial charge in [0.25, 0.3) is 0 Å². The zero-order valence-corrected chi connectivity index (χ0v) is 10.8. The monoisotopic (exact) mass is 260 g/mol. The van der Waals surface area contributed by atoms with E-state index in [1.54, 1.807) is 18.2 Å². The summed E-state index contributed by atoms with van der Waals surface area (Å²) in [7, 11) is 0. The van der Waals surface area contributed by atoms with E-state index in [1.165, 1.54) is 0 Å². The number of hydrogen-bond acceptors (Lipinski definition) is 2. The third-order valence-electron chi connectivity index (χ3n) is 2.00. The van der Waals surface area contributed by atoms with Crippen LogP contribution in [0.4, 0.5) is 0 Å². The number of benzene rings is 1. The van der Waals surface area contributed by atoms with Crippen LogP contribution in [0.2, 0.25) is 10.0 Å². The van der Waals surface area contributed by atoms with Gasteiger partial charge in [-0.15, -0.1) is 0 Å². The average molecular weight is 261 g/mol. The Morgan fingerprint density at radius 3 is 2.69 bits per heavy atom. The summed E-state index contributed by atoms with van der Waals surface area (Å²) in [5.41, 5.74) is 0.742. The van der Waals surface area contributed by atoms with Gasteiger partial charge in [-0.1, -0.05) is 35.3 Å². The zero-order valence-electron chi connectivity index (χ0n) is 9.30. The van der Waals surface area contributed by atoms with Gasteiger partial charge in [0.2, 0.25) is 0 Å². The van der Waals surface area contributed by atoms with Crippen molar-refractivity contribution in [1.82, 2.24) is 0 Å². The normalized spacial score (nSPS) is 10.8. The Morgan fingerprint density at radius 2 is 2.06 bits per heavy atom. The number of carbonyl (C=O) groups excluding carboxylic acids is 1. The summed E-state index contributed by atoms with van der Waals surface area (Å²) < 4.78 is 5.22. The number of ketones is 1. The molecule has 0 spiro atoms. The van der Waals surface area contributed by atoms with Crippen LogP contribution in [0, 0.1) is 0 Å². The molecule has 0 radical (unpaired) electrons. The number of ether oxygens (including phenoxy) is 1. The molecule has 4 heteroatoms. The molecule has 0 unspecified atom stereocenters. The number of hydrogen-bond donors (Lipinski definition) is 0. The van der Waals surface area contributed by atoms with Crippen LogP contribution >= 0.6 is 23.2 Å². The minimum absolute atomic E-state index is 0.00198. The quantitative estimate of drug-likeness (QED) is 0.810. The first kappa shape index (κ1) is 13.5.